The molecule has 7 heteroatoms. The molecule has 0 bridgehead atoms. The van der Waals surface area contributed by atoms with Gasteiger partial charge in [0.2, 0.25) is 0 Å². The van der Waals surface area contributed by atoms with Crippen molar-refractivity contribution in [1.82, 2.24) is 15.3 Å². The number of nitrogens with zero attached hydrogens (tertiary/aromatic N) is 2. The van der Waals surface area contributed by atoms with Crippen LogP contribution in [-0.4, -0.2) is 34.8 Å². The number of hydrogen-bond donors (Lipinski definition) is 3. The van der Waals surface area contributed by atoms with E-state index in [1.54, 1.807) is 18.1 Å². The molecule has 1 heterocycles. The Labute approximate surface area is 146 Å². The van der Waals surface area contributed by atoms with Crippen LogP contribution in [0.15, 0.2) is 46.7 Å². The molecule has 4 N–H and O–H groups in total. The molecule has 0 saturated heterocycles. The summed E-state index contributed by atoms with van der Waals surface area (Å²) in [6, 6.07) is 7.88. The number of benzene rings is 1. The topological polar surface area (TPSA) is 79.1 Å². The summed E-state index contributed by atoms with van der Waals surface area (Å²) in [4.78, 5) is 12.5. The van der Waals surface area contributed by atoms with Crippen LogP contribution < -0.4 is 11.1 Å². The second kappa shape index (κ2) is 10.2. The van der Waals surface area contributed by atoms with E-state index in [0.29, 0.717) is 5.96 Å². The molecule has 0 radical (unpaired) electrons. The lowest BCUT2D eigenvalue weighted by molar-refractivity contribution is 0.754. The SMILES string of the molecule is NC(=NCCCSc1ccccc1Cl)NCCCc1cnc[nH]1. The van der Waals surface area contributed by atoms with E-state index in [9.17, 15) is 0 Å². The van der Waals surface area contributed by atoms with Crippen molar-refractivity contribution in [3.8, 4) is 0 Å². The maximum absolute atomic E-state index is 6.11. The third kappa shape index (κ3) is 6.97. The molecule has 0 atom stereocenters. The second-order valence-electron chi connectivity index (χ2n) is 5.01. The molecule has 0 aliphatic rings. The van der Waals surface area contributed by atoms with Gasteiger partial charge in [0.1, 0.15) is 0 Å². The van der Waals surface area contributed by atoms with E-state index in [0.717, 1.165) is 53.7 Å². The van der Waals surface area contributed by atoms with Crippen LogP contribution in [0.1, 0.15) is 18.5 Å². The average molecular weight is 352 g/mol. The van der Waals surface area contributed by atoms with Gasteiger partial charge in [0.15, 0.2) is 5.96 Å². The summed E-state index contributed by atoms with van der Waals surface area (Å²) in [6.07, 6.45) is 6.44. The Morgan fingerprint density at radius 1 is 1.35 bits per heavy atom. The highest BCUT2D eigenvalue weighted by Crippen LogP contribution is 2.26. The average Bonchev–Trinajstić information content (AvgIpc) is 3.06. The number of aliphatic imine (C=N–C) groups is 1. The zero-order valence-electron chi connectivity index (χ0n) is 13.0. The summed E-state index contributed by atoms with van der Waals surface area (Å²) in [5.74, 6) is 1.48. The first-order valence-electron chi connectivity index (χ1n) is 7.64. The maximum atomic E-state index is 6.11. The van der Waals surface area contributed by atoms with Crippen molar-refractivity contribution in [2.45, 2.75) is 24.2 Å². The Morgan fingerprint density at radius 2 is 2.22 bits per heavy atom. The number of nitrogens with one attached hydrogen (secondary N) is 2. The summed E-state index contributed by atoms with van der Waals surface area (Å²) in [7, 11) is 0. The molecule has 0 saturated carbocycles. The van der Waals surface area contributed by atoms with Crippen molar-refractivity contribution < 1.29 is 0 Å². The van der Waals surface area contributed by atoms with Crippen molar-refractivity contribution >= 4 is 29.3 Å². The van der Waals surface area contributed by atoms with Crippen LogP contribution in [0.3, 0.4) is 0 Å². The van der Waals surface area contributed by atoms with Crippen molar-refractivity contribution in [1.29, 1.82) is 0 Å². The normalized spacial score (nSPS) is 11.6. The monoisotopic (exact) mass is 351 g/mol. The van der Waals surface area contributed by atoms with Crippen molar-refractivity contribution in [3.05, 3.63) is 47.5 Å². The van der Waals surface area contributed by atoms with Gasteiger partial charge in [0.25, 0.3) is 0 Å². The van der Waals surface area contributed by atoms with E-state index in [2.05, 4.69) is 20.3 Å². The summed E-state index contributed by atoms with van der Waals surface area (Å²) < 4.78 is 0. The number of thioether (sulfide) groups is 1. The molecule has 0 fully saturated rings. The summed E-state index contributed by atoms with van der Waals surface area (Å²) >= 11 is 7.86. The molecule has 1 aromatic heterocycles. The molecule has 23 heavy (non-hydrogen) atoms. The van der Waals surface area contributed by atoms with E-state index in [4.69, 9.17) is 17.3 Å². The number of aromatic amines is 1. The molecule has 2 aromatic rings. The van der Waals surface area contributed by atoms with Crippen molar-refractivity contribution in [2.24, 2.45) is 10.7 Å². The zero-order valence-corrected chi connectivity index (χ0v) is 14.5. The maximum Gasteiger partial charge on any atom is 0.188 e. The van der Waals surface area contributed by atoms with Crippen LogP contribution in [0.2, 0.25) is 5.02 Å². The number of halogens is 1. The number of imidazole rings is 1. The Kier molecular flexibility index (Phi) is 7.83. The lowest BCUT2D eigenvalue weighted by atomic mass is 10.2. The fourth-order valence-electron chi connectivity index (χ4n) is 1.98. The molecule has 5 nitrogen and oxygen atoms in total. The van der Waals surface area contributed by atoms with Crippen LogP contribution in [0.4, 0.5) is 0 Å². The number of guanidine groups is 1. The fraction of sp³-hybridized carbons (Fsp3) is 0.375. The molecule has 1 aromatic carbocycles. The minimum absolute atomic E-state index is 0.511. The van der Waals surface area contributed by atoms with Gasteiger partial charge in [-0.3, -0.25) is 4.99 Å². The standard InChI is InChI=1S/C16H22ClN5S/c17-14-6-1-2-7-15(14)23-10-4-9-21-16(18)20-8-3-5-13-11-19-12-22-13/h1-2,6-7,11-12H,3-5,8-10H2,(H,19,22)(H3,18,20,21). The van der Waals surface area contributed by atoms with Gasteiger partial charge >= 0.3 is 0 Å². The van der Waals surface area contributed by atoms with Gasteiger partial charge in [-0.15, -0.1) is 11.8 Å². The quantitative estimate of drug-likeness (QED) is 0.281. The first-order valence-corrected chi connectivity index (χ1v) is 9.00. The zero-order chi connectivity index (χ0) is 16.3. The molecule has 0 spiro atoms. The third-order valence-corrected chi connectivity index (χ3v) is 4.76. The smallest absolute Gasteiger partial charge is 0.188 e. The Bertz CT molecular complexity index is 600. The number of nitrogens with two attached hydrogens (primary N) is 1. The second-order valence-corrected chi connectivity index (χ2v) is 6.55. The van der Waals surface area contributed by atoms with Crippen LogP contribution in [0.25, 0.3) is 0 Å². The van der Waals surface area contributed by atoms with Gasteiger partial charge in [0, 0.05) is 29.9 Å². The van der Waals surface area contributed by atoms with E-state index in [1.807, 2.05) is 30.5 Å². The van der Waals surface area contributed by atoms with Gasteiger partial charge in [-0.25, -0.2) is 4.98 Å². The van der Waals surface area contributed by atoms with E-state index in [-0.39, 0.29) is 0 Å². The molecular weight excluding hydrogens is 330 g/mol. The van der Waals surface area contributed by atoms with Gasteiger partial charge in [0.05, 0.1) is 11.3 Å². The first kappa shape index (κ1) is 17.7. The number of hydrogen-bond acceptors (Lipinski definition) is 3. The van der Waals surface area contributed by atoms with E-state index < -0.39 is 0 Å². The highest BCUT2D eigenvalue weighted by Gasteiger charge is 1.99. The van der Waals surface area contributed by atoms with Gasteiger partial charge in [-0.2, -0.15) is 0 Å². The van der Waals surface area contributed by atoms with Crippen LogP contribution in [-0.2, 0) is 6.42 Å². The summed E-state index contributed by atoms with van der Waals surface area (Å²) in [5, 5.41) is 3.93. The number of aromatic nitrogens is 2. The fourth-order valence-corrected chi connectivity index (χ4v) is 3.15. The lowest BCUT2D eigenvalue weighted by Crippen LogP contribution is -2.32. The molecule has 124 valence electrons. The minimum atomic E-state index is 0.511. The van der Waals surface area contributed by atoms with Crippen LogP contribution in [0, 0.1) is 0 Å². The van der Waals surface area contributed by atoms with Crippen LogP contribution >= 0.6 is 23.4 Å². The number of H-pyrrole nitrogens is 1. The van der Waals surface area contributed by atoms with Gasteiger partial charge < -0.3 is 16.0 Å². The van der Waals surface area contributed by atoms with Gasteiger partial charge in [-0.05, 0) is 37.1 Å². The van der Waals surface area contributed by atoms with Gasteiger partial charge in [-0.1, -0.05) is 23.7 Å². The molecule has 0 aliphatic heterocycles. The predicted octanol–water partition coefficient (Wildman–Crippen LogP) is 3.08. The lowest BCUT2D eigenvalue weighted by Gasteiger charge is -2.05. The molecule has 0 aliphatic carbocycles. The van der Waals surface area contributed by atoms with E-state index >= 15 is 0 Å². The highest BCUT2D eigenvalue weighted by atomic mass is 35.5. The Morgan fingerprint density at radius 3 is 3.00 bits per heavy atom. The largest absolute Gasteiger partial charge is 0.370 e. The van der Waals surface area contributed by atoms with Crippen LogP contribution in [0.5, 0.6) is 0 Å². The molecule has 0 amide bonds. The number of aryl methyl sites for hydroxylation is 1. The third-order valence-electron chi connectivity index (χ3n) is 3.16. The summed E-state index contributed by atoms with van der Waals surface area (Å²) in [5.41, 5.74) is 6.98. The molecule has 0 unspecified atom stereocenters. The molecule has 2 rings (SSSR count). The minimum Gasteiger partial charge on any atom is -0.370 e. The molecular formula is C16H22ClN5S. The number of rotatable bonds is 9. The highest BCUT2D eigenvalue weighted by molar-refractivity contribution is 7.99. The van der Waals surface area contributed by atoms with Crippen molar-refractivity contribution in [2.75, 3.05) is 18.8 Å². The summed E-state index contributed by atoms with van der Waals surface area (Å²) in [6.45, 7) is 1.53. The first-order chi connectivity index (χ1) is 11.3. The Hall–Kier alpha value is -1.66. The Balaban J connectivity index is 1.53. The van der Waals surface area contributed by atoms with Crippen molar-refractivity contribution in [3.63, 3.8) is 0 Å². The van der Waals surface area contributed by atoms with E-state index in [1.165, 1.54) is 0 Å². The predicted molar refractivity (Wildman–Crippen MR) is 98.2 cm³/mol.